The van der Waals surface area contributed by atoms with Crippen molar-refractivity contribution >= 4 is 22.5 Å². The molecule has 1 atom stereocenters. The highest BCUT2D eigenvalue weighted by Crippen LogP contribution is 2.29. The van der Waals surface area contributed by atoms with Crippen molar-refractivity contribution in [3.05, 3.63) is 72.3 Å². The molecule has 0 bridgehead atoms. The Morgan fingerprint density at radius 2 is 1.81 bits per heavy atom. The Morgan fingerprint density at radius 1 is 1.05 bits per heavy atom. The first-order valence-corrected chi connectivity index (χ1v) is 7.62. The molecule has 3 rings (SSSR count). The molecule has 0 aliphatic rings. The highest BCUT2D eigenvalue weighted by atomic mass is 32.2. The van der Waals surface area contributed by atoms with Gasteiger partial charge in [0, 0.05) is 34.0 Å². The fourth-order valence-electron chi connectivity index (χ4n) is 2.23. The molecule has 1 aromatic heterocycles. The van der Waals surface area contributed by atoms with Gasteiger partial charge in [0.2, 0.25) is 0 Å². The molecule has 0 spiro atoms. The van der Waals surface area contributed by atoms with Crippen LogP contribution in [0.4, 0.5) is 4.39 Å². The summed E-state index contributed by atoms with van der Waals surface area (Å²) < 4.78 is 13.6. The predicted octanol–water partition coefficient (Wildman–Crippen LogP) is 4.20. The quantitative estimate of drug-likeness (QED) is 0.733. The zero-order chi connectivity index (χ0) is 14.7. The van der Waals surface area contributed by atoms with Crippen LogP contribution in [0.25, 0.3) is 10.8 Å². The Kier molecular flexibility index (Phi) is 4.18. The van der Waals surface area contributed by atoms with Gasteiger partial charge in [0.25, 0.3) is 0 Å². The number of aliphatic hydroxyl groups excluding tert-OH is 1. The Hall–Kier alpha value is -1.91. The van der Waals surface area contributed by atoms with Gasteiger partial charge in [-0.15, -0.1) is 11.8 Å². The van der Waals surface area contributed by atoms with Gasteiger partial charge in [0.05, 0.1) is 6.10 Å². The van der Waals surface area contributed by atoms with Crippen molar-refractivity contribution in [2.75, 3.05) is 5.75 Å². The number of aliphatic hydroxyl groups is 1. The fourth-order valence-corrected chi connectivity index (χ4v) is 3.12. The summed E-state index contributed by atoms with van der Waals surface area (Å²) in [4.78, 5) is 4.71. The van der Waals surface area contributed by atoms with Crippen LogP contribution in [0.3, 0.4) is 0 Å². The second-order valence-corrected chi connectivity index (χ2v) is 5.77. The molecule has 0 saturated heterocycles. The molecule has 4 heteroatoms. The van der Waals surface area contributed by atoms with Crippen LogP contribution in [0, 0.1) is 5.82 Å². The molecular formula is C17H14FNOS. The monoisotopic (exact) mass is 299 g/mol. The highest BCUT2D eigenvalue weighted by molar-refractivity contribution is 7.99. The third-order valence-electron chi connectivity index (χ3n) is 3.29. The van der Waals surface area contributed by atoms with Crippen LogP contribution in [0.2, 0.25) is 0 Å². The number of fused-ring (bicyclic) bond motifs is 1. The molecule has 2 aromatic carbocycles. The average molecular weight is 299 g/mol. The fraction of sp³-hybridized carbons (Fsp3) is 0.118. The van der Waals surface area contributed by atoms with Gasteiger partial charge in [-0.05, 0) is 17.5 Å². The van der Waals surface area contributed by atoms with Crippen LogP contribution >= 0.6 is 11.8 Å². The number of aromatic nitrogens is 1. The van der Waals surface area contributed by atoms with E-state index in [4.69, 9.17) is 0 Å². The lowest BCUT2D eigenvalue weighted by Crippen LogP contribution is -2.02. The average Bonchev–Trinajstić information content (AvgIpc) is 2.53. The molecule has 0 radical (unpaired) electrons. The second kappa shape index (κ2) is 6.24. The number of hydrogen-bond donors (Lipinski definition) is 1. The summed E-state index contributed by atoms with van der Waals surface area (Å²) in [7, 11) is 0. The SMILES string of the molecule is OC(CSc1ccccc1F)c1cncc2ccccc12. The lowest BCUT2D eigenvalue weighted by atomic mass is 10.0. The molecule has 1 N–H and O–H groups in total. The van der Waals surface area contributed by atoms with E-state index in [-0.39, 0.29) is 5.82 Å². The van der Waals surface area contributed by atoms with E-state index in [2.05, 4.69) is 4.98 Å². The topological polar surface area (TPSA) is 33.1 Å². The minimum Gasteiger partial charge on any atom is -0.387 e. The first kappa shape index (κ1) is 14.0. The minimum absolute atomic E-state index is 0.259. The van der Waals surface area contributed by atoms with E-state index in [9.17, 15) is 9.50 Å². The van der Waals surface area contributed by atoms with Crippen molar-refractivity contribution in [1.29, 1.82) is 0 Å². The summed E-state index contributed by atoms with van der Waals surface area (Å²) >= 11 is 1.31. The van der Waals surface area contributed by atoms with Crippen molar-refractivity contribution < 1.29 is 9.50 Å². The van der Waals surface area contributed by atoms with Gasteiger partial charge in [0.15, 0.2) is 0 Å². The number of rotatable bonds is 4. The second-order valence-electron chi connectivity index (χ2n) is 4.71. The Labute approximate surface area is 126 Å². The van der Waals surface area contributed by atoms with E-state index in [0.717, 1.165) is 16.3 Å². The molecule has 3 aromatic rings. The third kappa shape index (κ3) is 3.06. The first-order chi connectivity index (χ1) is 10.3. The van der Waals surface area contributed by atoms with E-state index in [0.29, 0.717) is 10.6 Å². The lowest BCUT2D eigenvalue weighted by Gasteiger charge is -2.13. The maximum atomic E-state index is 13.6. The summed E-state index contributed by atoms with van der Waals surface area (Å²) in [6.07, 6.45) is 2.76. The van der Waals surface area contributed by atoms with E-state index in [1.54, 1.807) is 30.6 Å². The molecule has 0 aliphatic carbocycles. The molecule has 0 aliphatic heterocycles. The summed E-state index contributed by atoms with van der Waals surface area (Å²) in [5.74, 6) is 0.127. The Morgan fingerprint density at radius 3 is 2.67 bits per heavy atom. The van der Waals surface area contributed by atoms with Crippen LogP contribution in [-0.4, -0.2) is 15.8 Å². The van der Waals surface area contributed by atoms with Gasteiger partial charge in [-0.3, -0.25) is 4.98 Å². The van der Waals surface area contributed by atoms with Crippen LogP contribution in [-0.2, 0) is 0 Å². The molecule has 106 valence electrons. The standard InChI is InChI=1S/C17H14FNOS/c18-15-7-3-4-8-17(15)21-11-16(20)14-10-19-9-12-5-1-2-6-13(12)14/h1-10,16,20H,11H2. The van der Waals surface area contributed by atoms with Crippen molar-refractivity contribution in [2.24, 2.45) is 0 Å². The number of halogens is 1. The number of benzene rings is 2. The van der Waals surface area contributed by atoms with Crippen molar-refractivity contribution in [1.82, 2.24) is 4.98 Å². The summed E-state index contributed by atoms with van der Waals surface area (Å²) in [5, 5.41) is 12.4. The predicted molar refractivity (Wildman–Crippen MR) is 83.8 cm³/mol. The number of thioether (sulfide) groups is 1. The van der Waals surface area contributed by atoms with Crippen molar-refractivity contribution in [2.45, 2.75) is 11.0 Å². The van der Waals surface area contributed by atoms with Gasteiger partial charge in [-0.2, -0.15) is 0 Å². The highest BCUT2D eigenvalue weighted by Gasteiger charge is 2.13. The molecule has 1 unspecified atom stereocenters. The molecule has 0 fully saturated rings. The largest absolute Gasteiger partial charge is 0.387 e. The summed E-state index contributed by atoms with van der Waals surface area (Å²) in [6.45, 7) is 0. The summed E-state index contributed by atoms with van der Waals surface area (Å²) in [5.41, 5.74) is 0.775. The molecule has 0 saturated carbocycles. The molecule has 0 amide bonds. The maximum absolute atomic E-state index is 13.6. The van der Waals surface area contributed by atoms with E-state index in [1.807, 2.05) is 24.3 Å². The minimum atomic E-state index is -0.687. The third-order valence-corrected chi connectivity index (χ3v) is 4.42. The molecular weight excluding hydrogens is 285 g/mol. The van der Waals surface area contributed by atoms with Crippen LogP contribution in [0.5, 0.6) is 0 Å². The molecule has 21 heavy (non-hydrogen) atoms. The van der Waals surface area contributed by atoms with Crippen LogP contribution in [0.15, 0.2) is 65.8 Å². The lowest BCUT2D eigenvalue weighted by molar-refractivity contribution is 0.205. The van der Waals surface area contributed by atoms with Gasteiger partial charge >= 0.3 is 0 Å². The van der Waals surface area contributed by atoms with Crippen LogP contribution in [0.1, 0.15) is 11.7 Å². The zero-order valence-corrected chi connectivity index (χ0v) is 12.1. The van der Waals surface area contributed by atoms with Crippen molar-refractivity contribution in [3.8, 4) is 0 Å². The van der Waals surface area contributed by atoms with Gasteiger partial charge in [-0.25, -0.2) is 4.39 Å². The summed E-state index contributed by atoms with van der Waals surface area (Å²) in [6, 6.07) is 14.4. The molecule has 1 heterocycles. The number of hydrogen-bond acceptors (Lipinski definition) is 3. The normalized spacial score (nSPS) is 12.5. The van der Waals surface area contributed by atoms with Crippen molar-refractivity contribution in [3.63, 3.8) is 0 Å². The number of nitrogens with zero attached hydrogens (tertiary/aromatic N) is 1. The Bertz CT molecular complexity index is 757. The maximum Gasteiger partial charge on any atom is 0.136 e. The molecule has 2 nitrogen and oxygen atoms in total. The van der Waals surface area contributed by atoms with Crippen LogP contribution < -0.4 is 0 Å². The van der Waals surface area contributed by atoms with E-state index < -0.39 is 6.10 Å². The zero-order valence-electron chi connectivity index (χ0n) is 11.2. The first-order valence-electron chi connectivity index (χ1n) is 6.64. The Balaban J connectivity index is 1.81. The van der Waals surface area contributed by atoms with E-state index in [1.165, 1.54) is 17.8 Å². The van der Waals surface area contributed by atoms with Gasteiger partial charge < -0.3 is 5.11 Å². The smallest absolute Gasteiger partial charge is 0.136 e. The van der Waals surface area contributed by atoms with Gasteiger partial charge in [0.1, 0.15) is 5.82 Å². The number of pyridine rings is 1. The van der Waals surface area contributed by atoms with E-state index >= 15 is 0 Å². The van der Waals surface area contributed by atoms with Gasteiger partial charge in [-0.1, -0.05) is 36.4 Å².